The van der Waals surface area contributed by atoms with E-state index in [1.165, 1.54) is 13.2 Å². The Balaban J connectivity index is 1.78. The van der Waals surface area contributed by atoms with Gasteiger partial charge in [0.1, 0.15) is 23.1 Å². The van der Waals surface area contributed by atoms with E-state index < -0.39 is 5.91 Å². The van der Waals surface area contributed by atoms with Gasteiger partial charge in [-0.05, 0) is 61.0 Å². The Labute approximate surface area is 202 Å². The van der Waals surface area contributed by atoms with Crippen molar-refractivity contribution in [2.75, 3.05) is 24.4 Å². The fourth-order valence-corrected chi connectivity index (χ4v) is 3.21. The molecule has 3 aromatic rings. The number of aryl methyl sites for hydroxylation is 1. The van der Waals surface area contributed by atoms with E-state index in [4.69, 9.17) is 21.1 Å². The third-order valence-electron chi connectivity index (χ3n) is 4.63. The Morgan fingerprint density at radius 2 is 1.76 bits per heavy atom. The van der Waals surface area contributed by atoms with Crippen molar-refractivity contribution in [1.29, 1.82) is 5.26 Å². The predicted octanol–water partition coefficient (Wildman–Crippen LogP) is 5.22. The molecule has 0 heterocycles. The molecule has 0 bridgehead atoms. The molecule has 172 valence electrons. The molecule has 7 nitrogen and oxygen atoms in total. The van der Waals surface area contributed by atoms with Gasteiger partial charge in [0, 0.05) is 28.0 Å². The van der Waals surface area contributed by atoms with E-state index in [-0.39, 0.29) is 23.8 Å². The van der Waals surface area contributed by atoms with Crippen molar-refractivity contribution in [2.45, 2.75) is 6.92 Å². The number of methoxy groups -OCH3 is 1. The van der Waals surface area contributed by atoms with Gasteiger partial charge in [-0.15, -0.1) is 0 Å². The van der Waals surface area contributed by atoms with Crippen molar-refractivity contribution in [2.24, 2.45) is 0 Å². The molecule has 0 spiro atoms. The van der Waals surface area contributed by atoms with Crippen LogP contribution in [0.2, 0.25) is 5.02 Å². The molecule has 0 aliphatic carbocycles. The van der Waals surface area contributed by atoms with E-state index in [1.807, 2.05) is 31.2 Å². The summed E-state index contributed by atoms with van der Waals surface area (Å²) in [7, 11) is 1.50. The van der Waals surface area contributed by atoms with Gasteiger partial charge < -0.3 is 20.1 Å². The number of anilines is 2. The molecule has 2 N–H and O–H groups in total. The molecule has 3 rings (SSSR count). The quantitative estimate of drug-likeness (QED) is 0.343. The number of nitrogens with zero attached hydrogens (tertiary/aromatic N) is 1. The van der Waals surface area contributed by atoms with Crippen LogP contribution in [-0.2, 0) is 9.59 Å². The summed E-state index contributed by atoms with van der Waals surface area (Å²) in [6.45, 7) is 1.65. The van der Waals surface area contributed by atoms with Crippen molar-refractivity contribution in [1.82, 2.24) is 0 Å². The topological polar surface area (TPSA) is 100 Å². The number of halogens is 1. The first-order chi connectivity index (χ1) is 16.4. The van der Waals surface area contributed by atoms with Crippen LogP contribution in [0.15, 0.2) is 72.3 Å². The third-order valence-corrected chi connectivity index (χ3v) is 4.86. The second-order valence-electron chi connectivity index (χ2n) is 7.24. The molecule has 0 fully saturated rings. The summed E-state index contributed by atoms with van der Waals surface area (Å²) < 4.78 is 10.9. The molecule has 8 heteroatoms. The minimum atomic E-state index is -0.608. The smallest absolute Gasteiger partial charge is 0.266 e. The van der Waals surface area contributed by atoms with Gasteiger partial charge in [-0.2, -0.15) is 5.26 Å². The van der Waals surface area contributed by atoms with Crippen LogP contribution in [0.1, 0.15) is 11.1 Å². The average Bonchev–Trinajstić information content (AvgIpc) is 2.81. The zero-order chi connectivity index (χ0) is 24.5. The van der Waals surface area contributed by atoms with E-state index in [9.17, 15) is 14.9 Å². The second-order valence-corrected chi connectivity index (χ2v) is 7.68. The van der Waals surface area contributed by atoms with Crippen LogP contribution in [0, 0.1) is 18.3 Å². The number of benzene rings is 3. The van der Waals surface area contributed by atoms with E-state index in [1.54, 1.807) is 48.5 Å². The van der Waals surface area contributed by atoms with E-state index in [0.717, 1.165) is 5.56 Å². The predicted molar refractivity (Wildman–Crippen MR) is 132 cm³/mol. The molecule has 34 heavy (non-hydrogen) atoms. The van der Waals surface area contributed by atoms with Gasteiger partial charge in [-0.1, -0.05) is 29.8 Å². The van der Waals surface area contributed by atoms with Gasteiger partial charge in [-0.3, -0.25) is 9.59 Å². The summed E-state index contributed by atoms with van der Waals surface area (Å²) >= 11 is 5.95. The minimum Gasteiger partial charge on any atom is -0.497 e. The fourth-order valence-electron chi connectivity index (χ4n) is 3.02. The molecule has 0 saturated carbocycles. The van der Waals surface area contributed by atoms with Crippen LogP contribution >= 0.6 is 11.6 Å². The average molecular weight is 476 g/mol. The van der Waals surface area contributed by atoms with Gasteiger partial charge in [0.15, 0.2) is 6.61 Å². The number of ether oxygens (including phenoxy) is 2. The molecule has 0 aliphatic heterocycles. The Morgan fingerprint density at radius 3 is 2.44 bits per heavy atom. The molecule has 0 atom stereocenters. The number of hydrogen-bond donors (Lipinski definition) is 2. The SMILES string of the molecule is COc1ccc(/C=C(\C#N)C(=O)Nc2cccc(Cl)c2)c(OCC(=O)Nc2cccc(C)c2)c1. The Morgan fingerprint density at radius 1 is 1.03 bits per heavy atom. The largest absolute Gasteiger partial charge is 0.497 e. The molecule has 0 aliphatic rings. The number of nitrogens with one attached hydrogen (secondary N) is 2. The van der Waals surface area contributed by atoms with Crippen molar-refractivity contribution in [3.05, 3.63) is 88.5 Å². The number of nitriles is 1. The van der Waals surface area contributed by atoms with Crippen LogP contribution in [-0.4, -0.2) is 25.5 Å². The monoisotopic (exact) mass is 475 g/mol. The molecule has 3 aromatic carbocycles. The number of carbonyl (C=O) groups excluding carboxylic acids is 2. The van der Waals surface area contributed by atoms with Crippen LogP contribution in [0.25, 0.3) is 6.08 Å². The summed E-state index contributed by atoms with van der Waals surface area (Å²) in [5.41, 5.74) is 2.40. The summed E-state index contributed by atoms with van der Waals surface area (Å²) in [6.07, 6.45) is 1.38. The van der Waals surface area contributed by atoms with Crippen molar-refractivity contribution in [3.8, 4) is 17.6 Å². The van der Waals surface area contributed by atoms with E-state index in [0.29, 0.717) is 27.7 Å². The maximum Gasteiger partial charge on any atom is 0.266 e. The first-order valence-corrected chi connectivity index (χ1v) is 10.6. The summed E-state index contributed by atoms with van der Waals surface area (Å²) in [5.74, 6) is -0.193. The lowest BCUT2D eigenvalue weighted by atomic mass is 10.1. The minimum absolute atomic E-state index is 0.154. The highest BCUT2D eigenvalue weighted by Gasteiger charge is 2.14. The lowest BCUT2D eigenvalue weighted by Crippen LogP contribution is -2.20. The second kappa shape index (κ2) is 11.5. The zero-order valence-electron chi connectivity index (χ0n) is 18.6. The van der Waals surface area contributed by atoms with Crippen LogP contribution in [0.4, 0.5) is 11.4 Å². The molecule has 0 aromatic heterocycles. The lowest BCUT2D eigenvalue weighted by molar-refractivity contribution is -0.118. The maximum absolute atomic E-state index is 12.6. The normalized spacial score (nSPS) is 10.7. The Kier molecular flexibility index (Phi) is 8.27. The molecular formula is C26H22ClN3O4. The highest BCUT2D eigenvalue weighted by atomic mass is 35.5. The number of amides is 2. The van der Waals surface area contributed by atoms with E-state index in [2.05, 4.69) is 10.6 Å². The molecular weight excluding hydrogens is 454 g/mol. The van der Waals surface area contributed by atoms with Crippen LogP contribution < -0.4 is 20.1 Å². The highest BCUT2D eigenvalue weighted by molar-refractivity contribution is 6.31. The Hall–Kier alpha value is -4.28. The van der Waals surface area contributed by atoms with Crippen molar-refractivity contribution >= 4 is 40.9 Å². The van der Waals surface area contributed by atoms with Crippen molar-refractivity contribution in [3.63, 3.8) is 0 Å². The summed E-state index contributed by atoms with van der Waals surface area (Å²) in [5, 5.41) is 15.4. The van der Waals surface area contributed by atoms with E-state index >= 15 is 0 Å². The standard InChI is InChI=1S/C26H22ClN3O4/c1-17-5-3-7-21(11-17)29-25(31)16-34-24-14-23(33-2)10-9-18(24)12-19(15-28)26(32)30-22-8-4-6-20(27)13-22/h3-14H,16H2,1-2H3,(H,29,31)(H,30,32)/b19-12+. The van der Waals surface area contributed by atoms with Gasteiger partial charge in [-0.25, -0.2) is 0 Å². The van der Waals surface area contributed by atoms with Crippen LogP contribution in [0.3, 0.4) is 0 Å². The number of rotatable bonds is 8. The van der Waals surface area contributed by atoms with Crippen molar-refractivity contribution < 1.29 is 19.1 Å². The van der Waals surface area contributed by atoms with Gasteiger partial charge in [0.05, 0.1) is 7.11 Å². The highest BCUT2D eigenvalue weighted by Crippen LogP contribution is 2.27. The molecule has 2 amide bonds. The summed E-state index contributed by atoms with van der Waals surface area (Å²) in [4.78, 5) is 25.0. The first-order valence-electron chi connectivity index (χ1n) is 10.2. The summed E-state index contributed by atoms with van der Waals surface area (Å²) in [6, 6.07) is 20.8. The fraction of sp³-hybridized carbons (Fsp3) is 0.115. The van der Waals surface area contributed by atoms with Crippen LogP contribution in [0.5, 0.6) is 11.5 Å². The number of carbonyl (C=O) groups is 2. The van der Waals surface area contributed by atoms with Gasteiger partial charge >= 0.3 is 0 Å². The zero-order valence-corrected chi connectivity index (χ0v) is 19.3. The Bertz CT molecular complexity index is 1280. The lowest BCUT2D eigenvalue weighted by Gasteiger charge is -2.12. The maximum atomic E-state index is 12.6. The molecule has 0 saturated heterocycles. The first kappa shape index (κ1) is 24.4. The molecule has 0 radical (unpaired) electrons. The molecule has 0 unspecified atom stereocenters. The van der Waals surface area contributed by atoms with Gasteiger partial charge in [0.25, 0.3) is 11.8 Å². The number of hydrogen-bond acceptors (Lipinski definition) is 5. The van der Waals surface area contributed by atoms with Gasteiger partial charge in [0.2, 0.25) is 0 Å². The third kappa shape index (κ3) is 6.86.